The van der Waals surface area contributed by atoms with Crippen LogP contribution in [0, 0.1) is 0 Å². The Labute approximate surface area is 125 Å². The van der Waals surface area contributed by atoms with Crippen molar-refractivity contribution in [3.63, 3.8) is 0 Å². The summed E-state index contributed by atoms with van der Waals surface area (Å²) in [5, 5.41) is 22.6. The van der Waals surface area contributed by atoms with Crippen LogP contribution in [0.15, 0.2) is 42.5 Å². The predicted octanol–water partition coefficient (Wildman–Crippen LogP) is 3.35. The first-order valence-electron chi connectivity index (χ1n) is 7.07. The van der Waals surface area contributed by atoms with Crippen LogP contribution in [0.3, 0.4) is 0 Å². The lowest BCUT2D eigenvalue weighted by Crippen LogP contribution is -2.18. The van der Waals surface area contributed by atoms with Gasteiger partial charge in [-0.25, -0.2) is 0 Å². The molecule has 0 aliphatic carbocycles. The molecule has 0 heterocycles. The molecule has 0 fully saturated rings. The van der Waals surface area contributed by atoms with Gasteiger partial charge in [0.2, 0.25) is 0 Å². The summed E-state index contributed by atoms with van der Waals surface area (Å²) in [5.41, 5.74) is 1.81. The second-order valence-corrected chi connectivity index (χ2v) is 4.89. The maximum Gasteiger partial charge on any atom is 0.161 e. The first-order chi connectivity index (χ1) is 10.1. The van der Waals surface area contributed by atoms with Crippen LogP contribution in [0.25, 0.3) is 0 Å². The smallest absolute Gasteiger partial charge is 0.161 e. The molecule has 0 saturated heterocycles. The van der Waals surface area contributed by atoms with Crippen molar-refractivity contribution < 1.29 is 14.9 Å². The van der Waals surface area contributed by atoms with Gasteiger partial charge >= 0.3 is 0 Å². The van der Waals surface area contributed by atoms with Crippen LogP contribution in [0.5, 0.6) is 17.2 Å². The molecule has 0 spiro atoms. The number of rotatable bonds is 6. The third kappa shape index (κ3) is 3.89. The number of phenols is 2. The van der Waals surface area contributed by atoms with Gasteiger partial charge in [0.25, 0.3) is 0 Å². The molecule has 4 nitrogen and oxygen atoms in total. The number of ether oxygens (including phenoxy) is 1. The Morgan fingerprint density at radius 3 is 2.48 bits per heavy atom. The van der Waals surface area contributed by atoms with Gasteiger partial charge in [0.15, 0.2) is 11.5 Å². The summed E-state index contributed by atoms with van der Waals surface area (Å²) < 4.78 is 5.42. The number of hydrogen-bond donors (Lipinski definition) is 3. The van der Waals surface area contributed by atoms with Crippen molar-refractivity contribution >= 4 is 0 Å². The molecule has 2 aromatic carbocycles. The zero-order valence-corrected chi connectivity index (χ0v) is 12.3. The molecule has 112 valence electrons. The quantitative estimate of drug-likeness (QED) is 0.713. The second-order valence-electron chi connectivity index (χ2n) is 4.89. The van der Waals surface area contributed by atoms with E-state index in [4.69, 9.17) is 4.74 Å². The fourth-order valence-electron chi connectivity index (χ4n) is 2.12. The minimum absolute atomic E-state index is 0.0658. The van der Waals surface area contributed by atoms with E-state index in [0.717, 1.165) is 11.3 Å². The lowest BCUT2D eigenvalue weighted by Gasteiger charge is -2.15. The Kier molecular flexibility index (Phi) is 5.06. The van der Waals surface area contributed by atoms with Gasteiger partial charge in [0.05, 0.1) is 6.61 Å². The Balaban J connectivity index is 1.98. The van der Waals surface area contributed by atoms with Gasteiger partial charge in [-0.1, -0.05) is 24.3 Å². The van der Waals surface area contributed by atoms with E-state index < -0.39 is 0 Å². The average molecular weight is 287 g/mol. The number of nitrogens with one attached hydrogen (secondary N) is 1. The number of hydrogen-bond acceptors (Lipinski definition) is 4. The topological polar surface area (TPSA) is 61.7 Å². The molecule has 1 atom stereocenters. The molecule has 2 rings (SSSR count). The second kappa shape index (κ2) is 6.99. The third-order valence-corrected chi connectivity index (χ3v) is 3.39. The van der Waals surface area contributed by atoms with Crippen molar-refractivity contribution in [2.45, 2.75) is 26.4 Å². The zero-order chi connectivity index (χ0) is 15.2. The molecule has 0 aromatic heterocycles. The fourth-order valence-corrected chi connectivity index (χ4v) is 2.12. The van der Waals surface area contributed by atoms with Gasteiger partial charge in [-0.15, -0.1) is 0 Å². The van der Waals surface area contributed by atoms with Crippen molar-refractivity contribution in [3.05, 3.63) is 53.6 Å². The Morgan fingerprint density at radius 2 is 1.81 bits per heavy atom. The molecule has 0 bridgehead atoms. The van der Waals surface area contributed by atoms with Crippen molar-refractivity contribution in [2.75, 3.05) is 6.61 Å². The number of aromatic hydroxyl groups is 2. The number of benzene rings is 2. The van der Waals surface area contributed by atoms with E-state index in [-0.39, 0.29) is 17.5 Å². The van der Waals surface area contributed by atoms with Crippen LogP contribution in [0.2, 0.25) is 0 Å². The maximum absolute atomic E-state index is 9.77. The van der Waals surface area contributed by atoms with Gasteiger partial charge < -0.3 is 20.3 Å². The highest BCUT2D eigenvalue weighted by Gasteiger charge is 2.09. The summed E-state index contributed by atoms with van der Waals surface area (Å²) in [4.78, 5) is 0. The van der Waals surface area contributed by atoms with Crippen LogP contribution < -0.4 is 10.1 Å². The van der Waals surface area contributed by atoms with Gasteiger partial charge in [-0.3, -0.25) is 0 Å². The van der Waals surface area contributed by atoms with Crippen molar-refractivity contribution in [1.82, 2.24) is 5.32 Å². The van der Waals surface area contributed by atoms with Crippen LogP contribution in [-0.2, 0) is 6.54 Å². The van der Waals surface area contributed by atoms with Crippen molar-refractivity contribution in [3.8, 4) is 17.2 Å². The highest BCUT2D eigenvalue weighted by atomic mass is 16.5. The third-order valence-electron chi connectivity index (χ3n) is 3.39. The minimum Gasteiger partial charge on any atom is -0.504 e. The standard InChI is InChI=1S/C17H21NO3/c1-3-21-15-9-7-13(8-10-15)12(2)18-11-14-5-4-6-16(19)17(14)20/h4-10,12,18-20H,3,11H2,1-2H3. The molecule has 0 saturated carbocycles. The lowest BCUT2D eigenvalue weighted by molar-refractivity contribution is 0.340. The van der Waals surface area contributed by atoms with E-state index in [2.05, 4.69) is 12.2 Å². The molecular weight excluding hydrogens is 266 g/mol. The van der Waals surface area contributed by atoms with Crippen molar-refractivity contribution in [2.24, 2.45) is 0 Å². The number of phenolic OH excluding ortho intramolecular Hbond substituents is 2. The lowest BCUT2D eigenvalue weighted by atomic mass is 10.1. The molecule has 0 aliphatic heterocycles. The van der Waals surface area contributed by atoms with Crippen LogP contribution >= 0.6 is 0 Å². The summed E-state index contributed by atoms with van der Waals surface area (Å²) in [6.45, 7) is 5.15. The van der Waals surface area contributed by atoms with Gasteiger partial charge in [0, 0.05) is 18.2 Å². The monoisotopic (exact) mass is 287 g/mol. The summed E-state index contributed by atoms with van der Waals surface area (Å²) in [7, 11) is 0. The SMILES string of the molecule is CCOc1ccc(C(C)NCc2cccc(O)c2O)cc1. The normalized spacial score (nSPS) is 12.1. The predicted molar refractivity (Wildman–Crippen MR) is 82.6 cm³/mol. The van der Waals surface area contributed by atoms with Crippen LogP contribution in [-0.4, -0.2) is 16.8 Å². The molecule has 1 unspecified atom stereocenters. The maximum atomic E-state index is 9.77. The summed E-state index contributed by atoms with van der Waals surface area (Å²) in [6, 6.07) is 13.0. The van der Waals surface area contributed by atoms with E-state index in [1.807, 2.05) is 31.2 Å². The highest BCUT2D eigenvalue weighted by molar-refractivity contribution is 5.44. The van der Waals surface area contributed by atoms with Gasteiger partial charge in [0.1, 0.15) is 5.75 Å². The Morgan fingerprint density at radius 1 is 1.10 bits per heavy atom. The van der Waals surface area contributed by atoms with Crippen LogP contribution in [0.4, 0.5) is 0 Å². The summed E-state index contributed by atoms with van der Waals surface area (Å²) in [5.74, 6) is 0.700. The van der Waals surface area contributed by atoms with E-state index in [9.17, 15) is 10.2 Å². The van der Waals surface area contributed by atoms with E-state index >= 15 is 0 Å². The van der Waals surface area contributed by atoms with Crippen LogP contribution in [0.1, 0.15) is 31.0 Å². The van der Waals surface area contributed by atoms with E-state index in [1.54, 1.807) is 12.1 Å². The first kappa shape index (κ1) is 15.2. The molecule has 21 heavy (non-hydrogen) atoms. The van der Waals surface area contributed by atoms with E-state index in [1.165, 1.54) is 6.07 Å². The van der Waals surface area contributed by atoms with Crippen molar-refractivity contribution in [1.29, 1.82) is 0 Å². The fraction of sp³-hybridized carbons (Fsp3) is 0.294. The minimum atomic E-state index is -0.0944. The Hall–Kier alpha value is -2.20. The molecule has 3 N–H and O–H groups in total. The molecule has 0 aliphatic rings. The summed E-state index contributed by atoms with van der Waals surface area (Å²) >= 11 is 0. The van der Waals surface area contributed by atoms with Gasteiger partial charge in [-0.05, 0) is 37.6 Å². The van der Waals surface area contributed by atoms with Gasteiger partial charge in [-0.2, -0.15) is 0 Å². The molecule has 0 amide bonds. The number of para-hydroxylation sites is 1. The summed E-state index contributed by atoms with van der Waals surface area (Å²) in [6.07, 6.45) is 0. The first-order valence-corrected chi connectivity index (χ1v) is 7.07. The Bertz CT molecular complexity index is 581. The zero-order valence-electron chi connectivity index (χ0n) is 12.3. The average Bonchev–Trinajstić information content (AvgIpc) is 2.49. The highest BCUT2D eigenvalue weighted by Crippen LogP contribution is 2.28. The van der Waals surface area contributed by atoms with E-state index in [0.29, 0.717) is 18.7 Å². The largest absolute Gasteiger partial charge is 0.504 e. The molecular formula is C17H21NO3. The molecule has 0 radical (unpaired) electrons. The molecule has 2 aromatic rings. The molecule has 4 heteroatoms.